The van der Waals surface area contributed by atoms with Gasteiger partial charge in [0.2, 0.25) is 0 Å². The largest absolute Gasteiger partial charge is 0.354 e. The molecule has 0 N–H and O–H groups in total. The normalized spacial score (nSPS) is 21.0. The molecule has 1 saturated heterocycles. The standard InChI is InChI=1S/C13H18BrFN2/c1-13(2,3)9-4-5-17(8-9)12-11(15)6-10(14)7-16-12/h6-7,9H,4-5,8H2,1-3H3. The van der Waals surface area contributed by atoms with Gasteiger partial charge in [-0.3, -0.25) is 0 Å². The predicted octanol–water partition coefficient (Wildman–Crippen LogP) is 3.86. The Balaban J connectivity index is 2.15. The number of rotatable bonds is 1. The molecule has 1 aliphatic rings. The SMILES string of the molecule is CC(C)(C)C1CCN(c2ncc(Br)cc2F)C1. The first-order valence-corrected chi connectivity index (χ1v) is 6.73. The lowest BCUT2D eigenvalue weighted by atomic mass is 9.80. The van der Waals surface area contributed by atoms with E-state index in [0.717, 1.165) is 19.5 Å². The molecule has 0 spiro atoms. The van der Waals surface area contributed by atoms with E-state index in [-0.39, 0.29) is 11.2 Å². The van der Waals surface area contributed by atoms with Gasteiger partial charge >= 0.3 is 0 Å². The maximum absolute atomic E-state index is 13.8. The maximum atomic E-state index is 13.8. The van der Waals surface area contributed by atoms with Crippen LogP contribution in [-0.2, 0) is 0 Å². The lowest BCUT2D eigenvalue weighted by molar-refractivity contribution is 0.263. The van der Waals surface area contributed by atoms with Crippen molar-refractivity contribution >= 4 is 21.7 Å². The lowest BCUT2D eigenvalue weighted by Crippen LogP contribution is -2.26. The molecule has 0 aromatic carbocycles. The van der Waals surface area contributed by atoms with Gasteiger partial charge in [0.15, 0.2) is 11.6 Å². The summed E-state index contributed by atoms with van der Waals surface area (Å²) >= 11 is 3.23. The number of halogens is 2. The molecule has 1 fully saturated rings. The molecule has 0 saturated carbocycles. The highest BCUT2D eigenvalue weighted by Crippen LogP contribution is 2.35. The molecule has 1 atom stereocenters. The Morgan fingerprint density at radius 3 is 2.71 bits per heavy atom. The van der Waals surface area contributed by atoms with Gasteiger partial charge in [0, 0.05) is 23.8 Å². The maximum Gasteiger partial charge on any atom is 0.166 e. The monoisotopic (exact) mass is 300 g/mol. The zero-order valence-corrected chi connectivity index (χ0v) is 12.1. The molecular formula is C13H18BrFN2. The fourth-order valence-electron chi connectivity index (χ4n) is 2.30. The average Bonchev–Trinajstić information content (AvgIpc) is 2.65. The van der Waals surface area contributed by atoms with Crippen molar-refractivity contribution in [1.82, 2.24) is 4.98 Å². The topological polar surface area (TPSA) is 16.1 Å². The highest BCUT2D eigenvalue weighted by atomic mass is 79.9. The highest BCUT2D eigenvalue weighted by molar-refractivity contribution is 9.10. The van der Waals surface area contributed by atoms with Gasteiger partial charge in [-0.05, 0) is 39.8 Å². The minimum Gasteiger partial charge on any atom is -0.354 e. The second kappa shape index (κ2) is 4.56. The summed E-state index contributed by atoms with van der Waals surface area (Å²) < 4.78 is 14.5. The van der Waals surface area contributed by atoms with Crippen LogP contribution in [0.2, 0.25) is 0 Å². The van der Waals surface area contributed by atoms with Crippen LogP contribution < -0.4 is 4.90 Å². The fourth-order valence-corrected chi connectivity index (χ4v) is 2.60. The van der Waals surface area contributed by atoms with Crippen molar-refractivity contribution in [3.05, 3.63) is 22.6 Å². The van der Waals surface area contributed by atoms with Gasteiger partial charge < -0.3 is 4.90 Å². The van der Waals surface area contributed by atoms with E-state index in [4.69, 9.17) is 0 Å². The third-order valence-corrected chi connectivity index (χ3v) is 3.93. The zero-order chi connectivity index (χ0) is 12.6. The minimum atomic E-state index is -0.242. The zero-order valence-electron chi connectivity index (χ0n) is 10.5. The van der Waals surface area contributed by atoms with Gasteiger partial charge in [0.25, 0.3) is 0 Å². The molecule has 0 bridgehead atoms. The summed E-state index contributed by atoms with van der Waals surface area (Å²) in [5.41, 5.74) is 0.278. The highest BCUT2D eigenvalue weighted by Gasteiger charge is 2.33. The van der Waals surface area contributed by atoms with Crippen LogP contribution in [0.15, 0.2) is 16.7 Å². The van der Waals surface area contributed by atoms with Crippen molar-refractivity contribution in [2.45, 2.75) is 27.2 Å². The molecular weight excluding hydrogens is 283 g/mol. The van der Waals surface area contributed by atoms with Gasteiger partial charge in [-0.25, -0.2) is 9.37 Å². The van der Waals surface area contributed by atoms with Gasteiger partial charge in [-0.15, -0.1) is 0 Å². The third-order valence-electron chi connectivity index (χ3n) is 3.50. The van der Waals surface area contributed by atoms with Crippen LogP contribution >= 0.6 is 15.9 Å². The summed E-state index contributed by atoms with van der Waals surface area (Å²) in [6.45, 7) is 8.52. The van der Waals surface area contributed by atoms with E-state index in [9.17, 15) is 4.39 Å². The minimum absolute atomic E-state index is 0.242. The number of anilines is 1. The van der Waals surface area contributed by atoms with E-state index in [0.29, 0.717) is 16.2 Å². The van der Waals surface area contributed by atoms with Crippen LogP contribution in [0.3, 0.4) is 0 Å². The summed E-state index contributed by atoms with van der Waals surface area (Å²) in [5, 5.41) is 0. The predicted molar refractivity (Wildman–Crippen MR) is 71.7 cm³/mol. The van der Waals surface area contributed by atoms with Crippen LogP contribution in [0.5, 0.6) is 0 Å². The molecule has 1 aromatic heterocycles. The van der Waals surface area contributed by atoms with Gasteiger partial charge in [0.05, 0.1) is 0 Å². The van der Waals surface area contributed by atoms with Crippen molar-refractivity contribution in [2.75, 3.05) is 18.0 Å². The molecule has 1 unspecified atom stereocenters. The Morgan fingerprint density at radius 1 is 1.47 bits per heavy atom. The molecule has 17 heavy (non-hydrogen) atoms. The van der Waals surface area contributed by atoms with Gasteiger partial charge in [-0.1, -0.05) is 20.8 Å². The molecule has 2 nitrogen and oxygen atoms in total. The molecule has 0 aliphatic carbocycles. The Morgan fingerprint density at radius 2 is 2.18 bits per heavy atom. The van der Waals surface area contributed by atoms with Crippen molar-refractivity contribution in [2.24, 2.45) is 11.3 Å². The quantitative estimate of drug-likeness (QED) is 0.783. The Labute approximate surface area is 110 Å². The van der Waals surface area contributed by atoms with E-state index in [1.165, 1.54) is 6.07 Å². The van der Waals surface area contributed by atoms with Crippen molar-refractivity contribution in [3.63, 3.8) is 0 Å². The molecule has 0 radical (unpaired) electrons. The molecule has 2 heterocycles. The summed E-state index contributed by atoms with van der Waals surface area (Å²) in [4.78, 5) is 6.23. The molecule has 0 amide bonds. The summed E-state index contributed by atoms with van der Waals surface area (Å²) in [7, 11) is 0. The first-order valence-electron chi connectivity index (χ1n) is 5.94. The molecule has 1 aromatic rings. The van der Waals surface area contributed by atoms with Crippen molar-refractivity contribution in [3.8, 4) is 0 Å². The lowest BCUT2D eigenvalue weighted by Gasteiger charge is -2.27. The fraction of sp³-hybridized carbons (Fsp3) is 0.615. The summed E-state index contributed by atoms with van der Waals surface area (Å²) in [5.74, 6) is 0.848. The Bertz CT molecular complexity index is 414. The number of aromatic nitrogens is 1. The average molecular weight is 301 g/mol. The van der Waals surface area contributed by atoms with Crippen LogP contribution in [0.25, 0.3) is 0 Å². The summed E-state index contributed by atoms with van der Waals surface area (Å²) in [6, 6.07) is 1.48. The molecule has 1 aliphatic heterocycles. The summed E-state index contributed by atoms with van der Waals surface area (Å²) in [6.07, 6.45) is 2.77. The van der Waals surface area contributed by atoms with E-state index < -0.39 is 0 Å². The second-order valence-corrected chi connectivity index (χ2v) is 6.67. The van der Waals surface area contributed by atoms with Crippen LogP contribution in [0.4, 0.5) is 10.2 Å². The van der Waals surface area contributed by atoms with Crippen molar-refractivity contribution < 1.29 is 4.39 Å². The van der Waals surface area contributed by atoms with Crippen molar-refractivity contribution in [1.29, 1.82) is 0 Å². The smallest absolute Gasteiger partial charge is 0.166 e. The number of hydrogen-bond donors (Lipinski definition) is 0. The molecule has 94 valence electrons. The number of pyridine rings is 1. The second-order valence-electron chi connectivity index (χ2n) is 5.76. The van der Waals surface area contributed by atoms with E-state index >= 15 is 0 Å². The first kappa shape index (κ1) is 12.8. The first-order chi connectivity index (χ1) is 7.88. The number of hydrogen-bond acceptors (Lipinski definition) is 2. The Hall–Kier alpha value is -0.640. The Kier molecular flexibility index (Phi) is 3.43. The third kappa shape index (κ3) is 2.79. The molecule has 4 heteroatoms. The van der Waals surface area contributed by atoms with E-state index in [2.05, 4.69) is 46.6 Å². The molecule has 2 rings (SSSR count). The van der Waals surface area contributed by atoms with Gasteiger partial charge in [0.1, 0.15) is 0 Å². The van der Waals surface area contributed by atoms with Crippen LogP contribution in [0, 0.1) is 17.2 Å². The van der Waals surface area contributed by atoms with E-state index in [1.807, 2.05) is 0 Å². The van der Waals surface area contributed by atoms with Gasteiger partial charge in [-0.2, -0.15) is 0 Å². The number of nitrogens with zero attached hydrogens (tertiary/aromatic N) is 2. The van der Waals surface area contributed by atoms with Crippen LogP contribution in [-0.4, -0.2) is 18.1 Å². The van der Waals surface area contributed by atoms with E-state index in [1.54, 1.807) is 6.20 Å². The van der Waals surface area contributed by atoms with Crippen LogP contribution in [0.1, 0.15) is 27.2 Å².